The summed E-state index contributed by atoms with van der Waals surface area (Å²) in [6, 6.07) is 6.44. The van der Waals surface area contributed by atoms with Crippen LogP contribution >= 0.6 is 0 Å². The van der Waals surface area contributed by atoms with Crippen molar-refractivity contribution < 1.29 is 17.6 Å². The van der Waals surface area contributed by atoms with Crippen LogP contribution in [-0.2, 0) is 27.8 Å². The van der Waals surface area contributed by atoms with Gasteiger partial charge in [-0.15, -0.1) is 0 Å². The molecule has 0 spiro atoms. The molecule has 7 nitrogen and oxygen atoms in total. The van der Waals surface area contributed by atoms with Gasteiger partial charge in [0.2, 0.25) is 15.9 Å². The van der Waals surface area contributed by atoms with Crippen LogP contribution in [0, 0.1) is 12.7 Å². The van der Waals surface area contributed by atoms with Crippen LogP contribution in [0.1, 0.15) is 54.7 Å². The third-order valence-corrected chi connectivity index (χ3v) is 8.10. The molecule has 2 aromatic rings. The van der Waals surface area contributed by atoms with Crippen LogP contribution in [-0.4, -0.2) is 47.4 Å². The molecule has 1 aromatic heterocycles. The molecule has 0 bridgehead atoms. The second-order valence-electron chi connectivity index (χ2n) is 8.11. The number of aromatic nitrogens is 2. The lowest BCUT2D eigenvalue weighted by Crippen LogP contribution is -2.39. The molecule has 0 atom stereocenters. The molecule has 1 amide bonds. The molecule has 0 unspecified atom stereocenters. The van der Waals surface area contributed by atoms with E-state index in [1.54, 1.807) is 30.0 Å². The van der Waals surface area contributed by atoms with E-state index < -0.39 is 10.0 Å². The van der Waals surface area contributed by atoms with E-state index >= 15 is 0 Å². The van der Waals surface area contributed by atoms with E-state index in [-0.39, 0.29) is 29.9 Å². The monoisotopic (exact) mass is 446 g/mol. The number of halogens is 1. The van der Waals surface area contributed by atoms with Crippen LogP contribution in [0.2, 0.25) is 0 Å². The van der Waals surface area contributed by atoms with Crippen molar-refractivity contribution in [1.82, 2.24) is 14.3 Å². The number of hydrogen-bond acceptors (Lipinski definition) is 5. The molecule has 2 aliphatic rings. The van der Waals surface area contributed by atoms with Crippen molar-refractivity contribution >= 4 is 21.7 Å². The van der Waals surface area contributed by atoms with Gasteiger partial charge in [0.1, 0.15) is 17.5 Å². The lowest BCUT2D eigenvalue weighted by molar-refractivity contribution is -0.119. The number of anilines is 1. The maximum absolute atomic E-state index is 14.2. The number of aryl methyl sites for hydroxylation is 1. The first-order chi connectivity index (χ1) is 14.8. The van der Waals surface area contributed by atoms with E-state index in [0.29, 0.717) is 56.0 Å². The highest BCUT2D eigenvalue weighted by Crippen LogP contribution is 2.34. The van der Waals surface area contributed by atoms with Crippen LogP contribution < -0.4 is 4.90 Å². The maximum atomic E-state index is 14.2. The number of hydrogen-bond donors (Lipinski definition) is 0. The Bertz CT molecular complexity index is 1100. The summed E-state index contributed by atoms with van der Waals surface area (Å²) in [5.74, 6) is 0.893. The molecular formula is C22H27FN4O3S. The number of amides is 1. The van der Waals surface area contributed by atoms with Gasteiger partial charge in [0.25, 0.3) is 0 Å². The summed E-state index contributed by atoms with van der Waals surface area (Å²) < 4.78 is 40.1. The molecule has 0 aliphatic carbocycles. The molecular weight excluding hydrogens is 419 g/mol. The Morgan fingerprint density at radius 2 is 1.84 bits per heavy atom. The van der Waals surface area contributed by atoms with Gasteiger partial charge in [0.15, 0.2) is 0 Å². The first-order valence-electron chi connectivity index (χ1n) is 10.7. The second-order valence-corrected chi connectivity index (χ2v) is 10.4. The van der Waals surface area contributed by atoms with Gasteiger partial charge in [-0.1, -0.05) is 18.2 Å². The molecule has 4 rings (SSSR count). The highest BCUT2D eigenvalue weighted by molar-refractivity contribution is 7.89. The average molecular weight is 447 g/mol. The van der Waals surface area contributed by atoms with Gasteiger partial charge in [-0.3, -0.25) is 9.69 Å². The Morgan fingerprint density at radius 1 is 1.13 bits per heavy atom. The molecule has 166 valence electrons. The molecule has 1 aromatic carbocycles. The zero-order valence-corrected chi connectivity index (χ0v) is 18.7. The summed E-state index contributed by atoms with van der Waals surface area (Å²) in [5, 5.41) is 0. The van der Waals surface area contributed by atoms with Gasteiger partial charge in [-0.05, 0) is 39.2 Å². The van der Waals surface area contributed by atoms with Gasteiger partial charge >= 0.3 is 0 Å². The molecule has 31 heavy (non-hydrogen) atoms. The number of carbonyl (C=O) groups is 1. The zero-order chi connectivity index (χ0) is 22.2. The Balaban J connectivity index is 1.62. The summed E-state index contributed by atoms with van der Waals surface area (Å²) in [5.41, 5.74) is 2.19. The fourth-order valence-electron chi connectivity index (χ4n) is 4.32. The van der Waals surface area contributed by atoms with E-state index in [1.165, 1.54) is 10.4 Å². The van der Waals surface area contributed by atoms with E-state index in [9.17, 15) is 17.6 Å². The normalized spacial score (nSPS) is 18.3. The zero-order valence-electron chi connectivity index (χ0n) is 17.8. The van der Waals surface area contributed by atoms with Gasteiger partial charge in [0.05, 0.1) is 12.3 Å². The largest absolute Gasteiger partial charge is 0.292 e. The fourth-order valence-corrected chi connectivity index (χ4v) is 5.45. The van der Waals surface area contributed by atoms with Gasteiger partial charge < -0.3 is 0 Å². The minimum atomic E-state index is -3.20. The average Bonchev–Trinajstić information content (AvgIpc) is 2.77. The number of sulfonamides is 1. The summed E-state index contributed by atoms with van der Waals surface area (Å²) in [6.45, 7) is 4.58. The summed E-state index contributed by atoms with van der Waals surface area (Å²) >= 11 is 0. The van der Waals surface area contributed by atoms with Crippen LogP contribution in [0.4, 0.5) is 10.2 Å². The topological polar surface area (TPSA) is 83.5 Å². The lowest BCUT2D eigenvalue weighted by Gasteiger charge is -2.33. The van der Waals surface area contributed by atoms with Crippen molar-refractivity contribution in [3.05, 3.63) is 52.7 Å². The minimum absolute atomic E-state index is 0.0275. The minimum Gasteiger partial charge on any atom is -0.292 e. The predicted molar refractivity (Wildman–Crippen MR) is 116 cm³/mol. The lowest BCUT2D eigenvalue weighted by atomic mass is 9.96. The Morgan fingerprint density at radius 3 is 2.52 bits per heavy atom. The first kappa shape index (κ1) is 21.8. The van der Waals surface area contributed by atoms with Crippen molar-refractivity contribution in [2.24, 2.45) is 0 Å². The predicted octanol–water partition coefficient (Wildman–Crippen LogP) is 2.93. The third-order valence-electron chi connectivity index (χ3n) is 6.22. The molecule has 2 aliphatic heterocycles. The Labute approximate surface area is 182 Å². The fraction of sp³-hybridized carbons (Fsp3) is 0.500. The summed E-state index contributed by atoms with van der Waals surface area (Å²) in [7, 11) is -3.20. The number of piperidine rings is 1. The van der Waals surface area contributed by atoms with Crippen molar-refractivity contribution in [3.63, 3.8) is 0 Å². The molecule has 0 N–H and O–H groups in total. The molecule has 1 saturated heterocycles. The van der Waals surface area contributed by atoms with Crippen molar-refractivity contribution in [1.29, 1.82) is 0 Å². The van der Waals surface area contributed by atoms with Gasteiger partial charge in [-0.2, -0.15) is 0 Å². The molecule has 3 heterocycles. The van der Waals surface area contributed by atoms with Crippen molar-refractivity contribution in [2.45, 2.75) is 52.0 Å². The SMILES string of the molecule is CCS(=O)(=O)N1CCC(c2nc(C)c3c(n2)N(Cc2ccccc2F)C(=O)CC3)CC1. The van der Waals surface area contributed by atoms with E-state index in [2.05, 4.69) is 0 Å². The van der Waals surface area contributed by atoms with Gasteiger partial charge in [-0.25, -0.2) is 27.1 Å². The highest BCUT2D eigenvalue weighted by Gasteiger charge is 2.32. The number of carbonyl (C=O) groups excluding carboxylic acids is 1. The molecule has 9 heteroatoms. The summed E-state index contributed by atoms with van der Waals surface area (Å²) in [4.78, 5) is 23.8. The third kappa shape index (κ3) is 4.34. The highest BCUT2D eigenvalue weighted by atomic mass is 32.2. The summed E-state index contributed by atoms with van der Waals surface area (Å²) in [6.07, 6.45) is 2.19. The van der Waals surface area contributed by atoms with Crippen LogP contribution in [0.15, 0.2) is 24.3 Å². The van der Waals surface area contributed by atoms with Crippen molar-refractivity contribution in [2.75, 3.05) is 23.7 Å². The molecule has 0 radical (unpaired) electrons. The maximum Gasteiger partial charge on any atom is 0.228 e. The number of fused-ring (bicyclic) bond motifs is 1. The quantitative estimate of drug-likeness (QED) is 0.705. The molecule has 1 fully saturated rings. The van der Waals surface area contributed by atoms with Crippen LogP contribution in [0.25, 0.3) is 0 Å². The standard InChI is InChI=1S/C22H27FN4O3S/c1-3-31(29,30)26-12-10-16(11-13-26)21-24-15(2)18-8-9-20(28)27(22(18)25-21)14-17-6-4-5-7-19(17)23/h4-7,16H,3,8-14H2,1-2H3. The van der Waals surface area contributed by atoms with Crippen LogP contribution in [0.5, 0.6) is 0 Å². The molecule has 0 saturated carbocycles. The van der Waals surface area contributed by atoms with E-state index in [4.69, 9.17) is 9.97 Å². The van der Waals surface area contributed by atoms with E-state index in [1.807, 2.05) is 6.92 Å². The van der Waals surface area contributed by atoms with Crippen LogP contribution in [0.3, 0.4) is 0 Å². The van der Waals surface area contributed by atoms with Gasteiger partial charge in [0, 0.05) is 42.2 Å². The number of nitrogens with zero attached hydrogens (tertiary/aromatic N) is 4. The number of rotatable bonds is 5. The second kappa shape index (κ2) is 8.63. The van der Waals surface area contributed by atoms with E-state index in [0.717, 1.165) is 11.3 Å². The smallest absolute Gasteiger partial charge is 0.228 e. The first-order valence-corrected chi connectivity index (χ1v) is 12.3. The van der Waals surface area contributed by atoms with Crippen molar-refractivity contribution in [3.8, 4) is 0 Å². The number of benzene rings is 1. The Hall–Kier alpha value is -2.39. The Kier molecular flexibility index (Phi) is 6.07.